The molecule has 0 bridgehead atoms. The SMILES string of the molecule is Cc1csc(NCc2ccccc2Cl)n1. The quantitative estimate of drug-likeness (QED) is 0.882. The van der Waals surface area contributed by atoms with E-state index < -0.39 is 0 Å². The molecule has 1 aromatic carbocycles. The second kappa shape index (κ2) is 4.64. The Balaban J connectivity index is 2.02. The molecule has 1 heterocycles. The van der Waals surface area contributed by atoms with Gasteiger partial charge in [0, 0.05) is 16.9 Å². The minimum atomic E-state index is 0.715. The van der Waals surface area contributed by atoms with E-state index in [4.69, 9.17) is 11.6 Å². The second-order valence-corrected chi connectivity index (χ2v) is 4.50. The number of aromatic nitrogens is 1. The molecule has 0 saturated heterocycles. The number of benzene rings is 1. The highest BCUT2D eigenvalue weighted by molar-refractivity contribution is 7.13. The summed E-state index contributed by atoms with van der Waals surface area (Å²) < 4.78 is 0. The van der Waals surface area contributed by atoms with E-state index >= 15 is 0 Å². The van der Waals surface area contributed by atoms with Crippen molar-refractivity contribution in [1.82, 2.24) is 4.98 Å². The van der Waals surface area contributed by atoms with E-state index in [1.807, 2.05) is 36.6 Å². The fourth-order valence-electron chi connectivity index (χ4n) is 1.25. The van der Waals surface area contributed by atoms with E-state index in [2.05, 4.69) is 10.3 Å². The van der Waals surface area contributed by atoms with Gasteiger partial charge < -0.3 is 5.32 Å². The number of halogens is 1. The topological polar surface area (TPSA) is 24.9 Å². The van der Waals surface area contributed by atoms with Crippen molar-refractivity contribution in [2.45, 2.75) is 13.5 Å². The van der Waals surface area contributed by atoms with E-state index in [1.54, 1.807) is 11.3 Å². The average Bonchev–Trinajstić information content (AvgIpc) is 2.63. The van der Waals surface area contributed by atoms with Gasteiger partial charge >= 0.3 is 0 Å². The molecule has 0 spiro atoms. The van der Waals surface area contributed by atoms with Crippen molar-refractivity contribution >= 4 is 28.1 Å². The van der Waals surface area contributed by atoms with Crippen molar-refractivity contribution in [1.29, 1.82) is 0 Å². The summed E-state index contributed by atoms with van der Waals surface area (Å²) in [6, 6.07) is 7.82. The molecule has 4 heteroatoms. The summed E-state index contributed by atoms with van der Waals surface area (Å²) in [4.78, 5) is 4.32. The number of aryl methyl sites for hydroxylation is 1. The first kappa shape index (κ1) is 10.5. The van der Waals surface area contributed by atoms with Gasteiger partial charge in [-0.25, -0.2) is 4.98 Å². The first-order valence-electron chi connectivity index (χ1n) is 4.65. The lowest BCUT2D eigenvalue weighted by Crippen LogP contribution is -1.99. The summed E-state index contributed by atoms with van der Waals surface area (Å²) >= 11 is 7.65. The monoisotopic (exact) mass is 238 g/mol. The Morgan fingerprint density at radius 2 is 2.20 bits per heavy atom. The van der Waals surface area contributed by atoms with E-state index in [0.29, 0.717) is 6.54 Å². The van der Waals surface area contributed by atoms with Gasteiger partial charge in [-0.15, -0.1) is 11.3 Å². The third-order valence-corrected chi connectivity index (χ3v) is 3.29. The smallest absolute Gasteiger partial charge is 0.183 e. The van der Waals surface area contributed by atoms with E-state index in [0.717, 1.165) is 21.4 Å². The van der Waals surface area contributed by atoms with Crippen LogP contribution in [0.4, 0.5) is 5.13 Å². The van der Waals surface area contributed by atoms with Gasteiger partial charge in [-0.05, 0) is 18.6 Å². The van der Waals surface area contributed by atoms with E-state index in [9.17, 15) is 0 Å². The molecule has 0 aliphatic heterocycles. The first-order valence-corrected chi connectivity index (χ1v) is 5.91. The minimum Gasteiger partial charge on any atom is -0.357 e. The van der Waals surface area contributed by atoms with Crippen LogP contribution in [-0.2, 0) is 6.54 Å². The van der Waals surface area contributed by atoms with Crippen molar-refractivity contribution < 1.29 is 0 Å². The second-order valence-electron chi connectivity index (χ2n) is 3.24. The van der Waals surface area contributed by atoms with Crippen LogP contribution in [0, 0.1) is 6.92 Å². The van der Waals surface area contributed by atoms with E-state index in [-0.39, 0.29) is 0 Å². The standard InChI is InChI=1S/C11H11ClN2S/c1-8-7-15-11(14-8)13-6-9-4-2-3-5-10(9)12/h2-5,7H,6H2,1H3,(H,13,14). The normalized spacial score (nSPS) is 10.3. The lowest BCUT2D eigenvalue weighted by molar-refractivity contribution is 1.12. The van der Waals surface area contributed by atoms with Crippen LogP contribution < -0.4 is 5.32 Å². The van der Waals surface area contributed by atoms with Crippen LogP contribution in [0.3, 0.4) is 0 Å². The van der Waals surface area contributed by atoms with Gasteiger partial charge in [0.2, 0.25) is 0 Å². The van der Waals surface area contributed by atoms with Gasteiger partial charge in [-0.1, -0.05) is 29.8 Å². The highest BCUT2D eigenvalue weighted by Crippen LogP contribution is 2.19. The van der Waals surface area contributed by atoms with Crippen LogP contribution >= 0.6 is 22.9 Å². The van der Waals surface area contributed by atoms with Crippen LogP contribution in [0.2, 0.25) is 5.02 Å². The van der Waals surface area contributed by atoms with Crippen molar-refractivity contribution in [3.05, 3.63) is 45.9 Å². The molecule has 2 aromatic rings. The summed E-state index contributed by atoms with van der Waals surface area (Å²) in [7, 11) is 0. The van der Waals surface area contributed by atoms with Crippen LogP contribution in [0.25, 0.3) is 0 Å². The highest BCUT2D eigenvalue weighted by Gasteiger charge is 2.00. The number of rotatable bonds is 3. The fraction of sp³-hybridized carbons (Fsp3) is 0.182. The molecule has 2 nitrogen and oxygen atoms in total. The Kier molecular flexibility index (Phi) is 3.23. The third-order valence-electron chi connectivity index (χ3n) is 2.01. The van der Waals surface area contributed by atoms with Gasteiger partial charge in [0.1, 0.15) is 0 Å². The van der Waals surface area contributed by atoms with Crippen LogP contribution in [0.15, 0.2) is 29.6 Å². The average molecular weight is 239 g/mol. The Bertz CT molecular complexity index is 453. The predicted molar refractivity (Wildman–Crippen MR) is 65.6 cm³/mol. The lowest BCUT2D eigenvalue weighted by Gasteiger charge is -2.04. The Morgan fingerprint density at radius 3 is 2.87 bits per heavy atom. The van der Waals surface area contributed by atoms with Crippen LogP contribution in [0.1, 0.15) is 11.3 Å². The zero-order chi connectivity index (χ0) is 10.7. The molecule has 0 aliphatic carbocycles. The molecule has 2 rings (SSSR count). The highest BCUT2D eigenvalue weighted by atomic mass is 35.5. The Labute approximate surface area is 97.9 Å². The van der Waals surface area contributed by atoms with E-state index in [1.165, 1.54) is 0 Å². The zero-order valence-electron chi connectivity index (χ0n) is 8.33. The molecule has 78 valence electrons. The fourth-order valence-corrected chi connectivity index (χ4v) is 2.14. The molecule has 0 radical (unpaired) electrons. The van der Waals surface area contributed by atoms with Gasteiger partial charge in [-0.3, -0.25) is 0 Å². The Morgan fingerprint density at radius 1 is 1.40 bits per heavy atom. The van der Waals surface area contributed by atoms with Crippen molar-refractivity contribution in [2.75, 3.05) is 5.32 Å². The molecule has 15 heavy (non-hydrogen) atoms. The summed E-state index contributed by atoms with van der Waals surface area (Å²) in [5.41, 5.74) is 2.13. The zero-order valence-corrected chi connectivity index (χ0v) is 9.90. The number of anilines is 1. The molecular weight excluding hydrogens is 228 g/mol. The number of nitrogens with one attached hydrogen (secondary N) is 1. The molecule has 0 aliphatic rings. The third kappa shape index (κ3) is 2.70. The number of nitrogens with zero attached hydrogens (tertiary/aromatic N) is 1. The van der Waals surface area contributed by atoms with Gasteiger partial charge in [0.15, 0.2) is 5.13 Å². The van der Waals surface area contributed by atoms with Crippen molar-refractivity contribution in [2.24, 2.45) is 0 Å². The molecule has 1 aromatic heterocycles. The summed E-state index contributed by atoms with van der Waals surface area (Å²) in [5, 5.41) is 7.00. The maximum atomic E-state index is 6.04. The molecular formula is C11H11ClN2S. The largest absolute Gasteiger partial charge is 0.357 e. The summed E-state index contributed by atoms with van der Waals surface area (Å²) in [6.45, 7) is 2.70. The number of thiazole rings is 1. The predicted octanol–water partition coefficient (Wildman–Crippen LogP) is 3.72. The molecule has 0 unspecified atom stereocenters. The van der Waals surface area contributed by atoms with Gasteiger partial charge in [0.25, 0.3) is 0 Å². The van der Waals surface area contributed by atoms with Gasteiger partial charge in [0.05, 0.1) is 5.69 Å². The van der Waals surface area contributed by atoms with Crippen molar-refractivity contribution in [3.63, 3.8) is 0 Å². The summed E-state index contributed by atoms with van der Waals surface area (Å²) in [6.07, 6.45) is 0. The molecule has 0 atom stereocenters. The lowest BCUT2D eigenvalue weighted by atomic mass is 10.2. The minimum absolute atomic E-state index is 0.715. The molecule has 0 saturated carbocycles. The number of hydrogen-bond acceptors (Lipinski definition) is 3. The molecule has 0 fully saturated rings. The van der Waals surface area contributed by atoms with Crippen LogP contribution in [-0.4, -0.2) is 4.98 Å². The van der Waals surface area contributed by atoms with Crippen molar-refractivity contribution in [3.8, 4) is 0 Å². The Hall–Kier alpha value is -1.06. The number of hydrogen-bond donors (Lipinski definition) is 1. The maximum Gasteiger partial charge on any atom is 0.183 e. The van der Waals surface area contributed by atoms with Gasteiger partial charge in [-0.2, -0.15) is 0 Å². The van der Waals surface area contributed by atoms with Crippen LogP contribution in [0.5, 0.6) is 0 Å². The summed E-state index contributed by atoms with van der Waals surface area (Å²) in [5.74, 6) is 0. The molecule has 0 amide bonds. The maximum absolute atomic E-state index is 6.04. The first-order chi connectivity index (χ1) is 7.25. The molecule has 1 N–H and O–H groups in total.